The van der Waals surface area contributed by atoms with Crippen molar-refractivity contribution in [3.8, 4) is 17.1 Å². The molecule has 6 heterocycles. The Morgan fingerprint density at radius 1 is 0.328 bits per heavy atom. The van der Waals surface area contributed by atoms with Gasteiger partial charge in [-0.15, -0.1) is 0 Å². The average molecular weight is 1670 g/mol. The van der Waals surface area contributed by atoms with Crippen molar-refractivity contribution < 1.29 is 41.9 Å². The van der Waals surface area contributed by atoms with Crippen molar-refractivity contribution in [2.75, 3.05) is 0 Å². The number of hydrogen-bond donors (Lipinski definition) is 6. The Labute approximate surface area is 702 Å². The number of halogens is 3. The SMILES string of the molecule is CC(C)(C)NC(=O)c1cccn(-c2ccc(F)cc2)c1=O.CC(C)(C)NC(=O)c1cncn(-c2ccc(F)cc2)c1=O.CC(C)NC(=O)c1cccn(Cc2ccccc2)c1=O.CC(C)NC(=O)c1ccnn(-c2ccc(F)cc2)c1=O.CC(C)NC(=O)c1ccnn(Cc2ccccc2)c1=O.CC(C)NC(=O)c1cncn(Cc2ccccc2)c1=O. The Kier molecular flexibility index (Phi) is 34.7. The van der Waals surface area contributed by atoms with E-state index in [2.05, 4.69) is 52.1 Å². The largest absolute Gasteiger partial charge is 0.350 e. The van der Waals surface area contributed by atoms with E-state index in [1.165, 1.54) is 147 Å². The second-order valence-electron chi connectivity index (χ2n) is 30.7. The maximum absolute atomic E-state index is 12.9. The lowest BCUT2D eigenvalue weighted by molar-refractivity contribution is 0.0908. The highest BCUT2D eigenvalue weighted by molar-refractivity contribution is 5.96. The predicted molar refractivity (Wildman–Crippen MR) is 461 cm³/mol. The third kappa shape index (κ3) is 29.5. The molecule has 28 nitrogen and oxygen atoms in total. The zero-order chi connectivity index (χ0) is 89.5. The summed E-state index contributed by atoms with van der Waals surface area (Å²) < 4.78 is 46.6. The first-order chi connectivity index (χ1) is 57.8. The smallest absolute Gasteiger partial charge is 0.284 e. The highest BCUT2D eigenvalue weighted by atomic mass is 19.1. The Morgan fingerprint density at radius 2 is 0.664 bits per heavy atom. The van der Waals surface area contributed by atoms with Crippen LogP contribution in [-0.4, -0.2) is 118 Å². The van der Waals surface area contributed by atoms with Crippen molar-refractivity contribution in [2.24, 2.45) is 0 Å². The molecule has 31 heteroatoms. The number of aromatic nitrogens is 10. The van der Waals surface area contributed by atoms with Crippen LogP contribution in [0.15, 0.2) is 279 Å². The first-order valence-corrected chi connectivity index (χ1v) is 38.7. The molecule has 0 aliphatic carbocycles. The summed E-state index contributed by atoms with van der Waals surface area (Å²) in [5, 5.41) is 24.2. The van der Waals surface area contributed by atoms with Gasteiger partial charge in [-0.3, -0.25) is 71.2 Å². The summed E-state index contributed by atoms with van der Waals surface area (Å²) in [5.74, 6) is -3.64. The fraction of sp³-hybridized carbons (Fsp3) is 0.253. The number of carbonyl (C=O) groups is 6. The van der Waals surface area contributed by atoms with Crippen LogP contribution in [0.3, 0.4) is 0 Å². The van der Waals surface area contributed by atoms with Crippen molar-refractivity contribution in [3.63, 3.8) is 0 Å². The summed E-state index contributed by atoms with van der Waals surface area (Å²) in [5.41, 5.74) is 1.32. The van der Waals surface area contributed by atoms with Gasteiger partial charge in [-0.1, -0.05) is 91.0 Å². The minimum atomic E-state index is -0.544. The first-order valence-electron chi connectivity index (χ1n) is 38.7. The number of rotatable bonds is 19. The van der Waals surface area contributed by atoms with Gasteiger partial charge in [-0.05, 0) is 223 Å². The van der Waals surface area contributed by atoms with Crippen LogP contribution in [0.4, 0.5) is 13.2 Å². The number of benzene rings is 6. The predicted octanol–water partition coefficient (Wildman–Crippen LogP) is 10.8. The van der Waals surface area contributed by atoms with Gasteiger partial charge in [0.05, 0.1) is 37.3 Å². The van der Waals surface area contributed by atoms with Crippen LogP contribution in [0, 0.1) is 17.5 Å². The second kappa shape index (κ2) is 44.8. The molecule has 6 N–H and O–H groups in total. The molecular weight excluding hydrogens is 1570 g/mol. The molecule has 0 fully saturated rings. The van der Waals surface area contributed by atoms with Gasteiger partial charge in [0.25, 0.3) is 68.8 Å². The van der Waals surface area contributed by atoms with Gasteiger partial charge in [0.15, 0.2) is 0 Å². The molecule has 0 radical (unpaired) electrons. The number of nitrogens with zero attached hydrogens (tertiary/aromatic N) is 10. The van der Waals surface area contributed by atoms with Crippen molar-refractivity contribution in [1.82, 2.24) is 79.7 Å². The molecule has 12 rings (SSSR count). The summed E-state index contributed by atoms with van der Waals surface area (Å²) in [6, 6.07) is 54.0. The Bertz CT molecular complexity index is 5520. The molecular formula is C91H99F3N16O12. The lowest BCUT2D eigenvalue weighted by Gasteiger charge is -2.20. The molecule has 0 saturated carbocycles. The normalized spacial score (nSPS) is 10.8. The van der Waals surface area contributed by atoms with E-state index in [1.807, 2.05) is 174 Å². The van der Waals surface area contributed by atoms with E-state index in [9.17, 15) is 70.7 Å². The summed E-state index contributed by atoms with van der Waals surface area (Å²) in [7, 11) is 0. The van der Waals surface area contributed by atoms with Crippen LogP contribution in [0.1, 0.15) is 176 Å². The maximum Gasteiger partial charge on any atom is 0.284 e. The summed E-state index contributed by atoms with van der Waals surface area (Å²) in [4.78, 5) is 154. The molecule has 0 saturated heterocycles. The summed E-state index contributed by atoms with van der Waals surface area (Å²) >= 11 is 0. The molecule has 6 aromatic heterocycles. The van der Waals surface area contributed by atoms with E-state index in [0.717, 1.165) is 21.4 Å². The zero-order valence-corrected chi connectivity index (χ0v) is 70.1. The zero-order valence-electron chi connectivity index (χ0n) is 70.1. The summed E-state index contributed by atoms with van der Waals surface area (Å²) in [6.45, 7) is 26.9. The summed E-state index contributed by atoms with van der Waals surface area (Å²) in [6.07, 6.45) is 11.3. The van der Waals surface area contributed by atoms with Crippen molar-refractivity contribution in [1.29, 1.82) is 0 Å². The fourth-order valence-electron chi connectivity index (χ4n) is 11.0. The van der Waals surface area contributed by atoms with Crippen LogP contribution in [0.2, 0.25) is 0 Å². The second-order valence-corrected chi connectivity index (χ2v) is 30.7. The third-order valence-electron chi connectivity index (χ3n) is 16.4. The number of pyridine rings is 2. The van der Waals surface area contributed by atoms with Crippen molar-refractivity contribution in [3.05, 3.63) is 380 Å². The lowest BCUT2D eigenvalue weighted by atomic mass is 10.1. The van der Waals surface area contributed by atoms with E-state index in [4.69, 9.17) is 0 Å². The topological polar surface area (TPSA) is 358 Å². The standard InChI is InChI=1S/C16H17FN2O2.C16H18N2O2.C15H16FN3O2.2C15H17N3O2.C14H14FN3O2/c1-16(2,3)18-14(20)13-5-4-10-19(15(13)21)12-8-6-11(17)7-9-12;1-12(2)17-15(19)14-9-6-10-18(16(14)20)11-13-7-4-3-5-8-13;1-15(2,3)18-13(20)12-8-17-9-19(14(12)21)11-6-4-10(16)5-7-11;1-11(2)17-14(19)13-8-16-10-18(15(13)20)9-12-6-4-3-5-7-12;1-11(2)17-14(19)13-8-9-16-18(15(13)20)10-12-6-4-3-5-7-12;1-9(2)17-13(19)12-7-8-16-18(14(12)20)11-5-3-10(15)4-6-11/h4-10H,1-3H3,(H,18,20);3-10,12H,11H2,1-2H3,(H,17,19);4-9H,1-3H3,(H,18,20);3-8,10-11H,9H2,1-2H3,(H,17,19);3-9,11H,10H2,1-2H3,(H,17,19);3-9H,1-2H3,(H,17,19). The number of carbonyl (C=O) groups excluding carboxylic acids is 6. The van der Waals surface area contributed by atoms with Crippen LogP contribution in [-0.2, 0) is 19.6 Å². The number of nitrogens with one attached hydrogen (secondary N) is 6. The Morgan fingerprint density at radius 3 is 1.11 bits per heavy atom. The molecule has 6 amide bonds. The molecule has 0 atom stereocenters. The maximum atomic E-state index is 12.9. The minimum absolute atomic E-state index is 0.00183. The van der Waals surface area contributed by atoms with Gasteiger partial charge in [-0.2, -0.15) is 14.9 Å². The van der Waals surface area contributed by atoms with Gasteiger partial charge < -0.3 is 36.5 Å². The van der Waals surface area contributed by atoms with Crippen LogP contribution in [0.25, 0.3) is 17.1 Å². The van der Waals surface area contributed by atoms with Gasteiger partial charge >= 0.3 is 0 Å². The van der Waals surface area contributed by atoms with E-state index in [0.29, 0.717) is 36.7 Å². The first kappa shape index (κ1) is 94.5. The quantitative estimate of drug-likeness (QED) is 0.0438. The van der Waals surface area contributed by atoms with Crippen LogP contribution in [0.5, 0.6) is 0 Å². The average Bonchev–Trinajstić information content (AvgIpc) is 0.829. The van der Waals surface area contributed by atoms with Gasteiger partial charge in [0.2, 0.25) is 0 Å². The molecule has 12 aromatic rings. The molecule has 0 aliphatic heterocycles. The Hall–Kier alpha value is -14.7. The molecule has 6 aromatic carbocycles. The number of amides is 6. The molecule has 636 valence electrons. The molecule has 122 heavy (non-hydrogen) atoms. The Balaban J connectivity index is 0.000000201. The fourth-order valence-corrected chi connectivity index (χ4v) is 11.0. The third-order valence-corrected chi connectivity index (χ3v) is 16.4. The monoisotopic (exact) mass is 1660 g/mol. The minimum Gasteiger partial charge on any atom is -0.350 e. The van der Waals surface area contributed by atoms with Crippen molar-refractivity contribution >= 4 is 35.4 Å². The molecule has 0 spiro atoms. The number of hydrogen-bond acceptors (Lipinski definition) is 16. The van der Waals surface area contributed by atoms with Gasteiger partial charge in [-0.25, -0.2) is 27.8 Å². The van der Waals surface area contributed by atoms with E-state index < -0.39 is 57.1 Å². The van der Waals surface area contributed by atoms with E-state index >= 15 is 0 Å². The van der Waals surface area contributed by atoms with Crippen LogP contribution >= 0.6 is 0 Å². The van der Waals surface area contributed by atoms with Gasteiger partial charge in [0, 0.05) is 78.1 Å². The van der Waals surface area contributed by atoms with Gasteiger partial charge in [0.1, 0.15) is 57.2 Å². The molecule has 0 unspecified atom stereocenters. The highest BCUT2D eigenvalue weighted by Gasteiger charge is 2.23. The highest BCUT2D eigenvalue weighted by Crippen LogP contribution is 2.13. The van der Waals surface area contributed by atoms with Crippen LogP contribution < -0.4 is 65.3 Å². The molecule has 0 aliphatic rings. The van der Waals surface area contributed by atoms with Crippen molar-refractivity contribution in [2.45, 2.75) is 152 Å². The molecule has 0 bridgehead atoms. The van der Waals surface area contributed by atoms with E-state index in [-0.39, 0.29) is 97.8 Å². The van der Waals surface area contributed by atoms with E-state index in [1.54, 1.807) is 49.0 Å². The lowest BCUT2D eigenvalue weighted by Crippen LogP contribution is -2.43.